The minimum Gasteiger partial charge on any atom is -0.482 e. The molecule has 2 heterocycles. The number of allylic oxidation sites excluding steroid dienone is 1. The molecule has 160 valence electrons. The van der Waals surface area contributed by atoms with Gasteiger partial charge in [-0.3, -0.25) is 24.5 Å². The summed E-state index contributed by atoms with van der Waals surface area (Å²) in [6, 6.07) is 7.29. The number of ether oxygens (including phenoxy) is 1. The van der Waals surface area contributed by atoms with Gasteiger partial charge in [-0.2, -0.15) is 0 Å². The zero-order valence-electron chi connectivity index (χ0n) is 17.1. The molecule has 0 bridgehead atoms. The van der Waals surface area contributed by atoms with Crippen molar-refractivity contribution in [2.24, 2.45) is 0 Å². The summed E-state index contributed by atoms with van der Waals surface area (Å²) in [6.07, 6.45) is 9.10. The van der Waals surface area contributed by atoms with Crippen LogP contribution in [0.25, 0.3) is 0 Å². The number of thiocarbonyl (C=S) groups is 1. The van der Waals surface area contributed by atoms with Crippen LogP contribution in [0.1, 0.15) is 38.5 Å². The molecule has 0 spiro atoms. The average molecular weight is 429 g/mol. The Bertz CT molecular complexity index is 857. The Labute approximate surface area is 182 Å². The first kappa shape index (κ1) is 20.7. The highest BCUT2D eigenvalue weighted by atomic mass is 32.1. The Morgan fingerprint density at radius 3 is 2.80 bits per heavy atom. The highest BCUT2D eigenvalue weighted by Crippen LogP contribution is 2.31. The second kappa shape index (κ2) is 9.47. The van der Waals surface area contributed by atoms with Crippen LogP contribution in [0.15, 0.2) is 35.9 Å². The van der Waals surface area contributed by atoms with Crippen molar-refractivity contribution < 1.29 is 14.3 Å². The van der Waals surface area contributed by atoms with Crippen molar-refractivity contribution in [3.05, 3.63) is 35.9 Å². The normalized spacial score (nSPS) is 18.6. The summed E-state index contributed by atoms with van der Waals surface area (Å²) < 4.78 is 5.46. The van der Waals surface area contributed by atoms with Crippen LogP contribution in [0.4, 0.5) is 5.69 Å². The summed E-state index contributed by atoms with van der Waals surface area (Å²) in [5, 5.41) is 7.39. The van der Waals surface area contributed by atoms with Crippen molar-refractivity contribution in [1.29, 1.82) is 0 Å². The zero-order valence-corrected chi connectivity index (χ0v) is 18.0. The molecule has 7 nitrogen and oxygen atoms in total. The van der Waals surface area contributed by atoms with Gasteiger partial charge in [0.15, 0.2) is 11.7 Å². The minimum absolute atomic E-state index is 0.0226. The average Bonchev–Trinajstić information content (AvgIpc) is 3.27. The number of anilines is 1. The number of nitrogens with zero attached hydrogens (tertiary/aromatic N) is 3. The Hall–Kier alpha value is -2.61. The summed E-state index contributed by atoms with van der Waals surface area (Å²) in [4.78, 5) is 26.9. The number of hydrazine groups is 1. The van der Waals surface area contributed by atoms with E-state index in [1.807, 2.05) is 23.2 Å². The topological polar surface area (TPSA) is 65.1 Å². The molecule has 1 aromatic rings. The molecule has 0 radical (unpaired) electrons. The van der Waals surface area contributed by atoms with Gasteiger partial charge in [-0.1, -0.05) is 23.8 Å². The smallest absolute Gasteiger partial charge is 0.265 e. The molecule has 0 saturated carbocycles. The molecule has 30 heavy (non-hydrogen) atoms. The number of hydrogen-bond acceptors (Lipinski definition) is 4. The van der Waals surface area contributed by atoms with E-state index in [4.69, 9.17) is 17.0 Å². The van der Waals surface area contributed by atoms with Gasteiger partial charge in [0, 0.05) is 19.6 Å². The third kappa shape index (κ3) is 4.59. The lowest BCUT2D eigenvalue weighted by atomic mass is 9.97. The maximum atomic E-state index is 13.1. The van der Waals surface area contributed by atoms with E-state index < -0.39 is 0 Å². The molecule has 1 aliphatic carbocycles. The molecule has 3 aliphatic rings. The van der Waals surface area contributed by atoms with E-state index in [-0.39, 0.29) is 25.0 Å². The van der Waals surface area contributed by atoms with Gasteiger partial charge in [-0.15, -0.1) is 0 Å². The molecule has 0 aromatic heterocycles. The summed E-state index contributed by atoms with van der Waals surface area (Å²) >= 11 is 5.57. The standard InChI is InChI=1S/C22H28N4O3S/c27-20(15-24-18-9-4-5-10-19(18)29-16-21(24)28)25-13-6-14-26(25)22(30)23-12-11-17-7-2-1-3-8-17/h4-5,7,9-10H,1-3,6,8,11-16H2,(H,23,30). The van der Waals surface area contributed by atoms with Crippen LogP contribution >= 0.6 is 12.2 Å². The molecular weight excluding hydrogens is 400 g/mol. The quantitative estimate of drug-likeness (QED) is 0.575. The van der Waals surface area contributed by atoms with E-state index in [1.54, 1.807) is 11.1 Å². The molecule has 0 atom stereocenters. The zero-order chi connectivity index (χ0) is 20.9. The molecule has 1 saturated heterocycles. The molecular formula is C22H28N4O3S. The first-order chi connectivity index (χ1) is 14.6. The van der Waals surface area contributed by atoms with Crippen molar-refractivity contribution in [3.63, 3.8) is 0 Å². The summed E-state index contributed by atoms with van der Waals surface area (Å²) in [7, 11) is 0. The second-order valence-electron chi connectivity index (χ2n) is 7.82. The Balaban J connectivity index is 1.35. The molecule has 8 heteroatoms. The van der Waals surface area contributed by atoms with E-state index >= 15 is 0 Å². The predicted molar refractivity (Wildman–Crippen MR) is 119 cm³/mol. The van der Waals surface area contributed by atoms with Crippen LogP contribution in [0, 0.1) is 0 Å². The van der Waals surface area contributed by atoms with Crippen molar-refractivity contribution in [2.45, 2.75) is 38.5 Å². The Morgan fingerprint density at radius 1 is 1.13 bits per heavy atom. The van der Waals surface area contributed by atoms with Crippen molar-refractivity contribution in [2.75, 3.05) is 37.7 Å². The van der Waals surface area contributed by atoms with E-state index in [0.717, 1.165) is 19.4 Å². The number of fused-ring (bicyclic) bond motifs is 1. The molecule has 0 unspecified atom stereocenters. The van der Waals surface area contributed by atoms with Gasteiger partial charge < -0.3 is 10.1 Å². The lowest BCUT2D eigenvalue weighted by Crippen LogP contribution is -2.53. The van der Waals surface area contributed by atoms with E-state index in [0.29, 0.717) is 29.6 Å². The van der Waals surface area contributed by atoms with Gasteiger partial charge in [0.1, 0.15) is 12.3 Å². The highest BCUT2D eigenvalue weighted by molar-refractivity contribution is 7.80. The van der Waals surface area contributed by atoms with Crippen molar-refractivity contribution in [3.8, 4) is 5.75 Å². The molecule has 1 aromatic carbocycles. The monoisotopic (exact) mass is 428 g/mol. The Morgan fingerprint density at radius 2 is 1.97 bits per heavy atom. The summed E-state index contributed by atoms with van der Waals surface area (Å²) in [5.74, 6) is 0.267. The second-order valence-corrected chi connectivity index (χ2v) is 8.21. The Kier molecular flexibility index (Phi) is 6.52. The number of carbonyl (C=O) groups excluding carboxylic acids is 2. The molecule has 1 fully saturated rings. The lowest BCUT2D eigenvalue weighted by molar-refractivity contribution is -0.138. The van der Waals surface area contributed by atoms with Gasteiger partial charge in [0.25, 0.3) is 11.8 Å². The van der Waals surface area contributed by atoms with Gasteiger partial charge in [0.2, 0.25) is 0 Å². The number of amides is 2. The van der Waals surface area contributed by atoms with E-state index in [1.165, 1.54) is 36.2 Å². The van der Waals surface area contributed by atoms with Crippen LogP contribution in [0.5, 0.6) is 5.75 Å². The van der Waals surface area contributed by atoms with Crippen LogP contribution in [0.3, 0.4) is 0 Å². The number of benzene rings is 1. The lowest BCUT2D eigenvalue weighted by Gasteiger charge is -2.34. The van der Waals surface area contributed by atoms with Crippen LogP contribution < -0.4 is 15.0 Å². The highest BCUT2D eigenvalue weighted by Gasteiger charge is 2.33. The first-order valence-electron chi connectivity index (χ1n) is 10.7. The minimum atomic E-state index is -0.214. The largest absolute Gasteiger partial charge is 0.482 e. The first-order valence-corrected chi connectivity index (χ1v) is 11.1. The molecule has 1 N–H and O–H groups in total. The van der Waals surface area contributed by atoms with E-state index in [9.17, 15) is 9.59 Å². The molecule has 4 rings (SSSR count). The van der Waals surface area contributed by atoms with Crippen LogP contribution in [0.2, 0.25) is 0 Å². The van der Waals surface area contributed by atoms with Crippen molar-refractivity contribution >= 4 is 34.8 Å². The fourth-order valence-electron chi connectivity index (χ4n) is 4.18. The maximum Gasteiger partial charge on any atom is 0.265 e. The molecule has 2 amide bonds. The predicted octanol–water partition coefficient (Wildman–Crippen LogP) is 2.63. The maximum absolute atomic E-state index is 13.1. The van der Waals surface area contributed by atoms with Crippen LogP contribution in [-0.2, 0) is 9.59 Å². The fourth-order valence-corrected chi connectivity index (χ4v) is 4.47. The number of para-hydroxylation sites is 2. The van der Waals surface area contributed by atoms with Gasteiger partial charge >= 0.3 is 0 Å². The number of nitrogens with one attached hydrogen (secondary N) is 1. The number of carbonyl (C=O) groups is 2. The van der Waals surface area contributed by atoms with Gasteiger partial charge in [-0.05, 0) is 62.9 Å². The third-order valence-corrected chi connectivity index (χ3v) is 6.12. The van der Waals surface area contributed by atoms with Crippen LogP contribution in [-0.4, -0.2) is 59.7 Å². The third-order valence-electron chi connectivity index (χ3n) is 5.76. The fraction of sp³-hybridized carbons (Fsp3) is 0.500. The van der Waals surface area contributed by atoms with Gasteiger partial charge in [-0.25, -0.2) is 0 Å². The summed E-state index contributed by atoms with van der Waals surface area (Å²) in [5.41, 5.74) is 2.13. The molecule has 2 aliphatic heterocycles. The number of hydrogen-bond donors (Lipinski definition) is 1. The number of rotatable bonds is 5. The van der Waals surface area contributed by atoms with Crippen molar-refractivity contribution in [1.82, 2.24) is 15.3 Å². The summed E-state index contributed by atoms with van der Waals surface area (Å²) in [6.45, 7) is 2.01. The SMILES string of the molecule is O=C1COc2ccccc2N1CC(=O)N1CCCN1C(=S)NCCC1=CCCCC1. The van der Waals surface area contributed by atoms with Gasteiger partial charge in [0.05, 0.1) is 5.69 Å². The van der Waals surface area contributed by atoms with E-state index in [2.05, 4.69) is 11.4 Å².